The second kappa shape index (κ2) is 6.08. The number of pyridine rings is 1. The molecule has 0 unspecified atom stereocenters. The first-order chi connectivity index (χ1) is 7.88. The maximum Gasteiger partial charge on any atom is 0.137 e. The molecule has 1 saturated heterocycles. The SMILES string of the molecule is CCc1cccc(NSN2CCNCC2)n1. The Kier molecular flexibility index (Phi) is 4.44. The van der Waals surface area contributed by atoms with E-state index in [1.54, 1.807) is 12.1 Å². The monoisotopic (exact) mass is 238 g/mol. The van der Waals surface area contributed by atoms with Gasteiger partial charge in [0.15, 0.2) is 0 Å². The largest absolute Gasteiger partial charge is 0.314 e. The molecule has 0 amide bonds. The number of nitrogens with one attached hydrogen (secondary N) is 2. The fourth-order valence-electron chi connectivity index (χ4n) is 1.58. The van der Waals surface area contributed by atoms with Gasteiger partial charge >= 0.3 is 0 Å². The zero-order valence-electron chi connectivity index (χ0n) is 9.57. The highest BCUT2D eigenvalue weighted by Gasteiger charge is 2.09. The van der Waals surface area contributed by atoms with Gasteiger partial charge in [-0.1, -0.05) is 13.0 Å². The number of rotatable bonds is 4. The summed E-state index contributed by atoms with van der Waals surface area (Å²) < 4.78 is 5.61. The molecule has 16 heavy (non-hydrogen) atoms. The Labute approximate surface area is 101 Å². The standard InChI is InChI=1S/C11H18N4S/c1-2-10-4-3-5-11(13-10)14-16-15-8-6-12-7-9-15/h3-5,12H,2,6-9H2,1H3,(H,13,14). The van der Waals surface area contributed by atoms with Crippen LogP contribution in [0, 0.1) is 0 Å². The normalized spacial score (nSPS) is 17.3. The average molecular weight is 238 g/mol. The molecule has 1 aliphatic rings. The second-order valence-corrected chi connectivity index (χ2v) is 4.64. The zero-order chi connectivity index (χ0) is 11.2. The fourth-order valence-corrected chi connectivity index (χ4v) is 2.28. The van der Waals surface area contributed by atoms with Crippen LogP contribution in [0.5, 0.6) is 0 Å². The smallest absolute Gasteiger partial charge is 0.137 e. The predicted octanol–water partition coefficient (Wildman–Crippen LogP) is 1.52. The van der Waals surface area contributed by atoms with Crippen molar-refractivity contribution in [2.75, 3.05) is 30.9 Å². The molecule has 2 N–H and O–H groups in total. The first kappa shape index (κ1) is 11.7. The van der Waals surface area contributed by atoms with E-state index >= 15 is 0 Å². The lowest BCUT2D eigenvalue weighted by Crippen LogP contribution is -2.40. The summed E-state index contributed by atoms with van der Waals surface area (Å²) in [7, 11) is 0. The molecule has 0 aromatic carbocycles. The van der Waals surface area contributed by atoms with E-state index in [2.05, 4.69) is 32.3 Å². The zero-order valence-corrected chi connectivity index (χ0v) is 10.4. The van der Waals surface area contributed by atoms with Gasteiger partial charge in [0, 0.05) is 44.0 Å². The Morgan fingerprint density at radius 2 is 2.25 bits per heavy atom. The minimum Gasteiger partial charge on any atom is -0.314 e. The highest BCUT2D eigenvalue weighted by Crippen LogP contribution is 2.14. The molecule has 2 rings (SSSR count). The topological polar surface area (TPSA) is 40.2 Å². The molecule has 0 bridgehead atoms. The van der Waals surface area contributed by atoms with E-state index < -0.39 is 0 Å². The van der Waals surface area contributed by atoms with Crippen molar-refractivity contribution in [1.29, 1.82) is 0 Å². The Bertz CT molecular complexity index is 326. The number of hydrogen-bond donors (Lipinski definition) is 2. The Hall–Kier alpha value is -0.780. The summed E-state index contributed by atoms with van der Waals surface area (Å²) in [6.45, 7) is 6.40. The molecule has 0 radical (unpaired) electrons. The van der Waals surface area contributed by atoms with Gasteiger partial charge in [-0.05, 0) is 18.6 Å². The minimum atomic E-state index is 0.947. The van der Waals surface area contributed by atoms with Gasteiger partial charge in [0.05, 0.1) is 0 Å². The van der Waals surface area contributed by atoms with E-state index in [4.69, 9.17) is 0 Å². The van der Waals surface area contributed by atoms with Crippen molar-refractivity contribution < 1.29 is 0 Å². The van der Waals surface area contributed by atoms with Crippen LogP contribution in [0.15, 0.2) is 18.2 Å². The highest BCUT2D eigenvalue weighted by atomic mass is 32.2. The summed E-state index contributed by atoms with van der Waals surface area (Å²) in [5.41, 5.74) is 1.13. The Morgan fingerprint density at radius 3 is 3.00 bits per heavy atom. The second-order valence-electron chi connectivity index (χ2n) is 3.74. The van der Waals surface area contributed by atoms with Gasteiger partial charge in [-0.2, -0.15) is 0 Å². The number of nitrogens with zero attached hydrogens (tertiary/aromatic N) is 2. The van der Waals surface area contributed by atoms with Gasteiger partial charge in [-0.15, -0.1) is 0 Å². The summed E-state index contributed by atoms with van der Waals surface area (Å²) in [5, 5.41) is 3.33. The molecule has 2 heterocycles. The van der Waals surface area contributed by atoms with Crippen molar-refractivity contribution in [1.82, 2.24) is 14.6 Å². The molecular formula is C11H18N4S. The molecule has 5 heteroatoms. The van der Waals surface area contributed by atoms with Crippen molar-refractivity contribution in [3.63, 3.8) is 0 Å². The summed E-state index contributed by atoms with van der Waals surface area (Å²) in [6, 6.07) is 6.11. The molecule has 0 aliphatic carbocycles. The number of aromatic nitrogens is 1. The molecular weight excluding hydrogens is 220 g/mol. The molecule has 1 fully saturated rings. The first-order valence-electron chi connectivity index (χ1n) is 5.73. The van der Waals surface area contributed by atoms with E-state index in [-0.39, 0.29) is 0 Å². The van der Waals surface area contributed by atoms with Crippen molar-refractivity contribution in [3.05, 3.63) is 23.9 Å². The van der Waals surface area contributed by atoms with Crippen LogP contribution in [0.3, 0.4) is 0 Å². The van der Waals surface area contributed by atoms with Crippen molar-refractivity contribution in [3.8, 4) is 0 Å². The van der Waals surface area contributed by atoms with Crippen molar-refractivity contribution in [2.45, 2.75) is 13.3 Å². The van der Waals surface area contributed by atoms with Crippen LogP contribution in [0.2, 0.25) is 0 Å². The van der Waals surface area contributed by atoms with Crippen LogP contribution in [0.1, 0.15) is 12.6 Å². The summed E-state index contributed by atoms with van der Waals surface area (Å²) in [4.78, 5) is 4.50. The van der Waals surface area contributed by atoms with Crippen LogP contribution < -0.4 is 10.0 Å². The average Bonchev–Trinajstić information content (AvgIpc) is 2.38. The van der Waals surface area contributed by atoms with E-state index in [0.29, 0.717) is 0 Å². The van der Waals surface area contributed by atoms with Crippen LogP contribution in [-0.2, 0) is 6.42 Å². The highest BCUT2D eigenvalue weighted by molar-refractivity contribution is 7.98. The third kappa shape index (κ3) is 3.37. The van der Waals surface area contributed by atoms with E-state index in [0.717, 1.165) is 44.1 Å². The molecule has 88 valence electrons. The van der Waals surface area contributed by atoms with Gasteiger partial charge in [-0.3, -0.25) is 0 Å². The van der Waals surface area contributed by atoms with Crippen molar-refractivity contribution in [2.24, 2.45) is 0 Å². The van der Waals surface area contributed by atoms with Crippen LogP contribution in [0.4, 0.5) is 5.82 Å². The summed E-state index contributed by atoms with van der Waals surface area (Å²) >= 11 is 1.65. The molecule has 1 aliphatic heterocycles. The van der Waals surface area contributed by atoms with Crippen LogP contribution in [0.25, 0.3) is 0 Å². The van der Waals surface area contributed by atoms with E-state index in [1.807, 2.05) is 12.1 Å². The quantitative estimate of drug-likeness (QED) is 0.778. The summed E-state index contributed by atoms with van der Waals surface area (Å²) in [5.74, 6) is 0.947. The fraction of sp³-hybridized carbons (Fsp3) is 0.545. The van der Waals surface area contributed by atoms with Crippen LogP contribution in [-0.4, -0.2) is 35.5 Å². The van der Waals surface area contributed by atoms with Gasteiger partial charge in [0.1, 0.15) is 5.82 Å². The van der Waals surface area contributed by atoms with Crippen LogP contribution >= 0.6 is 12.1 Å². The molecule has 1 aromatic rings. The number of anilines is 1. The van der Waals surface area contributed by atoms with Gasteiger partial charge in [-0.25, -0.2) is 9.29 Å². The maximum absolute atomic E-state index is 4.50. The predicted molar refractivity (Wildman–Crippen MR) is 69.3 cm³/mol. The maximum atomic E-state index is 4.50. The van der Waals surface area contributed by atoms with Gasteiger partial charge in [0.2, 0.25) is 0 Å². The number of hydrogen-bond acceptors (Lipinski definition) is 5. The lowest BCUT2D eigenvalue weighted by atomic mass is 10.3. The number of aryl methyl sites for hydroxylation is 1. The van der Waals surface area contributed by atoms with Crippen molar-refractivity contribution >= 4 is 18.0 Å². The third-order valence-electron chi connectivity index (χ3n) is 2.52. The molecule has 0 saturated carbocycles. The van der Waals surface area contributed by atoms with E-state index in [1.165, 1.54) is 0 Å². The first-order valence-corrected chi connectivity index (χ1v) is 6.50. The molecule has 1 aromatic heterocycles. The third-order valence-corrected chi connectivity index (χ3v) is 3.45. The molecule has 0 spiro atoms. The molecule has 0 atom stereocenters. The Morgan fingerprint density at radius 1 is 1.44 bits per heavy atom. The Balaban J connectivity index is 1.83. The van der Waals surface area contributed by atoms with E-state index in [9.17, 15) is 0 Å². The van der Waals surface area contributed by atoms with Gasteiger partial charge in [0.25, 0.3) is 0 Å². The minimum absolute atomic E-state index is 0.947. The molecule has 4 nitrogen and oxygen atoms in total. The lowest BCUT2D eigenvalue weighted by molar-refractivity contribution is 0.397. The lowest BCUT2D eigenvalue weighted by Gasteiger charge is -2.25. The number of piperazine rings is 1. The van der Waals surface area contributed by atoms with Gasteiger partial charge < -0.3 is 10.0 Å². The summed E-state index contributed by atoms with van der Waals surface area (Å²) in [6.07, 6.45) is 0.980.